The fourth-order valence-corrected chi connectivity index (χ4v) is 2.04. The number of ether oxygens (including phenoxy) is 1. The number of nitrogens with zero attached hydrogens (tertiary/aromatic N) is 1. The van der Waals surface area contributed by atoms with Gasteiger partial charge >= 0.3 is 0 Å². The quantitative estimate of drug-likeness (QED) is 0.640. The van der Waals surface area contributed by atoms with Crippen molar-refractivity contribution in [2.45, 2.75) is 13.0 Å². The highest BCUT2D eigenvalue weighted by Crippen LogP contribution is 2.27. The molecule has 0 heterocycles. The highest BCUT2D eigenvalue weighted by atomic mass is 35.5. The Hall–Kier alpha value is -2.31. The van der Waals surface area contributed by atoms with Crippen LogP contribution in [0, 0.1) is 10.1 Å². The van der Waals surface area contributed by atoms with E-state index in [2.05, 4.69) is 5.32 Å². The lowest BCUT2D eigenvalue weighted by molar-refractivity contribution is -0.384. The van der Waals surface area contributed by atoms with Gasteiger partial charge in [-0.25, -0.2) is 0 Å². The summed E-state index contributed by atoms with van der Waals surface area (Å²) in [5.41, 5.74) is 0.203. The standard InChI is InChI=1S/C15H12Cl2N2O4/c1-9(23-12-5-6-13(16)14(17)8-12)15(20)18-10-3-2-4-11(7-10)19(21)22/h2-9H,1H3,(H,18,20)/t9-/m0/s1. The lowest BCUT2D eigenvalue weighted by Gasteiger charge is -2.15. The average molecular weight is 355 g/mol. The Morgan fingerprint density at radius 3 is 2.61 bits per heavy atom. The van der Waals surface area contributed by atoms with Gasteiger partial charge in [-0.2, -0.15) is 0 Å². The molecular formula is C15H12Cl2N2O4. The Balaban J connectivity index is 2.03. The number of nitro benzene ring substituents is 1. The second-order valence-corrected chi connectivity index (χ2v) is 5.45. The average Bonchev–Trinajstić information content (AvgIpc) is 2.51. The third-order valence-electron chi connectivity index (χ3n) is 2.90. The zero-order valence-corrected chi connectivity index (χ0v) is 13.5. The van der Waals surface area contributed by atoms with E-state index in [9.17, 15) is 14.9 Å². The van der Waals surface area contributed by atoms with Crippen LogP contribution in [-0.2, 0) is 4.79 Å². The van der Waals surface area contributed by atoms with E-state index in [0.717, 1.165) is 0 Å². The molecule has 0 saturated carbocycles. The Morgan fingerprint density at radius 2 is 1.96 bits per heavy atom. The first-order valence-corrected chi connectivity index (χ1v) is 7.29. The van der Waals surface area contributed by atoms with Crippen LogP contribution in [0.5, 0.6) is 5.75 Å². The number of carbonyl (C=O) groups excluding carboxylic acids is 1. The molecule has 2 aromatic rings. The summed E-state index contributed by atoms with van der Waals surface area (Å²) in [6.07, 6.45) is -0.827. The molecule has 1 atom stereocenters. The molecule has 0 unspecified atom stereocenters. The highest BCUT2D eigenvalue weighted by Gasteiger charge is 2.16. The zero-order valence-electron chi connectivity index (χ0n) is 12.0. The zero-order chi connectivity index (χ0) is 17.0. The molecule has 0 fully saturated rings. The third kappa shape index (κ3) is 4.58. The first-order chi connectivity index (χ1) is 10.9. The van der Waals surface area contributed by atoms with E-state index in [1.165, 1.54) is 24.3 Å². The van der Waals surface area contributed by atoms with Crippen molar-refractivity contribution in [3.63, 3.8) is 0 Å². The summed E-state index contributed by atoms with van der Waals surface area (Å²) in [4.78, 5) is 22.3. The van der Waals surface area contributed by atoms with Gasteiger partial charge in [-0.05, 0) is 25.1 Å². The fraction of sp³-hybridized carbons (Fsp3) is 0.133. The summed E-state index contributed by atoms with van der Waals surface area (Å²) in [6, 6.07) is 10.3. The van der Waals surface area contributed by atoms with Gasteiger partial charge in [0.15, 0.2) is 6.10 Å². The van der Waals surface area contributed by atoms with Crippen molar-refractivity contribution in [3.8, 4) is 5.75 Å². The normalized spacial score (nSPS) is 11.6. The first kappa shape index (κ1) is 17.1. The molecule has 0 spiro atoms. The van der Waals surface area contributed by atoms with Crippen LogP contribution in [0.4, 0.5) is 11.4 Å². The molecule has 0 aliphatic rings. The second-order valence-electron chi connectivity index (χ2n) is 4.63. The number of amides is 1. The van der Waals surface area contributed by atoms with Gasteiger partial charge in [-0.1, -0.05) is 29.3 Å². The number of nitro groups is 1. The number of non-ortho nitro benzene ring substituents is 1. The number of halogens is 2. The van der Waals surface area contributed by atoms with Crippen molar-refractivity contribution >= 4 is 40.5 Å². The lowest BCUT2D eigenvalue weighted by Crippen LogP contribution is -2.30. The van der Waals surface area contributed by atoms with E-state index in [1.54, 1.807) is 25.1 Å². The van der Waals surface area contributed by atoms with Crippen LogP contribution in [-0.4, -0.2) is 16.9 Å². The molecule has 0 aliphatic heterocycles. The van der Waals surface area contributed by atoms with Gasteiger partial charge in [-0.15, -0.1) is 0 Å². The van der Waals surface area contributed by atoms with Crippen LogP contribution < -0.4 is 10.1 Å². The molecule has 1 amide bonds. The van der Waals surface area contributed by atoms with Crippen molar-refractivity contribution in [1.82, 2.24) is 0 Å². The molecule has 0 saturated heterocycles. The van der Waals surface area contributed by atoms with Crippen molar-refractivity contribution in [2.24, 2.45) is 0 Å². The van der Waals surface area contributed by atoms with Gasteiger partial charge in [0.05, 0.1) is 15.0 Å². The van der Waals surface area contributed by atoms with Crippen LogP contribution in [0.15, 0.2) is 42.5 Å². The van der Waals surface area contributed by atoms with E-state index in [0.29, 0.717) is 21.5 Å². The molecule has 1 N–H and O–H groups in total. The van der Waals surface area contributed by atoms with Crippen LogP contribution in [0.25, 0.3) is 0 Å². The molecule has 2 aromatic carbocycles. The van der Waals surface area contributed by atoms with Crippen LogP contribution >= 0.6 is 23.2 Å². The van der Waals surface area contributed by atoms with Gasteiger partial charge in [0.1, 0.15) is 5.75 Å². The fourth-order valence-electron chi connectivity index (χ4n) is 1.75. The number of hydrogen-bond acceptors (Lipinski definition) is 4. The molecule has 120 valence electrons. The van der Waals surface area contributed by atoms with Gasteiger partial charge in [-0.3, -0.25) is 14.9 Å². The molecular weight excluding hydrogens is 343 g/mol. The second kappa shape index (κ2) is 7.30. The summed E-state index contributed by atoms with van der Waals surface area (Å²) in [7, 11) is 0. The first-order valence-electron chi connectivity index (χ1n) is 6.54. The maximum atomic E-state index is 12.1. The molecule has 0 aromatic heterocycles. The van der Waals surface area contributed by atoms with Crippen molar-refractivity contribution < 1.29 is 14.5 Å². The van der Waals surface area contributed by atoms with Crippen molar-refractivity contribution in [3.05, 3.63) is 62.6 Å². The van der Waals surface area contributed by atoms with E-state index < -0.39 is 16.9 Å². The van der Waals surface area contributed by atoms with Crippen LogP contribution in [0.1, 0.15) is 6.92 Å². The number of rotatable bonds is 5. The summed E-state index contributed by atoms with van der Waals surface area (Å²) in [6.45, 7) is 1.55. The largest absolute Gasteiger partial charge is 0.481 e. The van der Waals surface area contributed by atoms with Gasteiger partial charge in [0, 0.05) is 23.9 Å². The topological polar surface area (TPSA) is 81.5 Å². The number of nitrogens with one attached hydrogen (secondary N) is 1. The molecule has 0 bridgehead atoms. The molecule has 0 radical (unpaired) electrons. The highest BCUT2D eigenvalue weighted by molar-refractivity contribution is 6.42. The summed E-state index contributed by atoms with van der Waals surface area (Å²) in [5, 5.41) is 14.0. The number of benzene rings is 2. The minimum Gasteiger partial charge on any atom is -0.481 e. The minimum atomic E-state index is -0.827. The lowest BCUT2D eigenvalue weighted by atomic mass is 10.2. The maximum absolute atomic E-state index is 12.1. The Morgan fingerprint density at radius 1 is 1.22 bits per heavy atom. The predicted molar refractivity (Wildman–Crippen MR) is 88.3 cm³/mol. The number of carbonyl (C=O) groups is 1. The molecule has 8 heteroatoms. The third-order valence-corrected chi connectivity index (χ3v) is 3.64. The SMILES string of the molecule is C[C@H](Oc1ccc(Cl)c(Cl)c1)C(=O)Nc1cccc([N+](=O)[O-])c1. The Bertz CT molecular complexity index is 752. The smallest absolute Gasteiger partial charge is 0.271 e. The van der Waals surface area contributed by atoms with E-state index in [1.807, 2.05) is 0 Å². The monoisotopic (exact) mass is 354 g/mol. The van der Waals surface area contributed by atoms with E-state index >= 15 is 0 Å². The number of anilines is 1. The molecule has 2 rings (SSSR count). The summed E-state index contributed by atoms with van der Waals surface area (Å²) in [5.74, 6) is -0.0577. The maximum Gasteiger partial charge on any atom is 0.271 e. The van der Waals surface area contributed by atoms with E-state index in [4.69, 9.17) is 27.9 Å². The summed E-state index contributed by atoms with van der Waals surface area (Å²) < 4.78 is 5.47. The Kier molecular flexibility index (Phi) is 5.41. The molecule has 23 heavy (non-hydrogen) atoms. The van der Waals surface area contributed by atoms with E-state index in [-0.39, 0.29) is 5.69 Å². The van der Waals surface area contributed by atoms with Gasteiger partial charge < -0.3 is 10.1 Å². The molecule has 6 nitrogen and oxygen atoms in total. The van der Waals surface area contributed by atoms with Crippen LogP contribution in [0.2, 0.25) is 10.0 Å². The van der Waals surface area contributed by atoms with Gasteiger partial charge in [0.2, 0.25) is 0 Å². The van der Waals surface area contributed by atoms with Gasteiger partial charge in [0.25, 0.3) is 11.6 Å². The number of hydrogen-bond donors (Lipinski definition) is 1. The summed E-state index contributed by atoms with van der Waals surface area (Å²) >= 11 is 11.7. The Labute approximate surface area is 142 Å². The predicted octanol–water partition coefficient (Wildman–Crippen LogP) is 4.31. The van der Waals surface area contributed by atoms with Crippen molar-refractivity contribution in [1.29, 1.82) is 0 Å². The molecule has 0 aliphatic carbocycles. The van der Waals surface area contributed by atoms with Crippen LogP contribution in [0.3, 0.4) is 0 Å². The van der Waals surface area contributed by atoms with Crippen molar-refractivity contribution in [2.75, 3.05) is 5.32 Å². The minimum absolute atomic E-state index is 0.110.